The molecule has 7 heteroatoms. The summed E-state index contributed by atoms with van der Waals surface area (Å²) in [5, 5.41) is 3.39. The van der Waals surface area contributed by atoms with E-state index >= 15 is 0 Å². The average Bonchev–Trinajstić information content (AvgIpc) is 2.63. The van der Waals surface area contributed by atoms with Gasteiger partial charge in [0.2, 0.25) is 0 Å². The molecule has 2 aromatic rings. The first-order chi connectivity index (χ1) is 12.1. The first kappa shape index (κ1) is 18.1. The van der Waals surface area contributed by atoms with E-state index in [0.717, 1.165) is 38.4 Å². The van der Waals surface area contributed by atoms with Crippen molar-refractivity contribution in [3.8, 4) is 0 Å². The molecular formula is C18H19Cl2N3O2. The Kier molecular flexibility index (Phi) is 6.26. The lowest BCUT2D eigenvalue weighted by Crippen LogP contribution is -2.36. The number of morpholine rings is 1. The minimum absolute atomic E-state index is 0.139. The fraction of sp³-hybridized carbons (Fsp3) is 0.333. The maximum absolute atomic E-state index is 12.3. The number of hydrogen-bond donors (Lipinski definition) is 1. The number of carbonyl (C=O) groups is 1. The summed E-state index contributed by atoms with van der Waals surface area (Å²) in [5.74, 6) is -0.339. The number of halogens is 2. The molecule has 1 saturated heterocycles. The van der Waals surface area contributed by atoms with Crippen LogP contribution >= 0.6 is 23.2 Å². The number of ether oxygens (including phenoxy) is 1. The molecule has 132 valence electrons. The number of pyridine rings is 1. The van der Waals surface area contributed by atoms with Gasteiger partial charge in [0, 0.05) is 26.2 Å². The lowest BCUT2D eigenvalue weighted by Gasteiger charge is -2.27. The predicted molar refractivity (Wildman–Crippen MR) is 98.0 cm³/mol. The Morgan fingerprint density at radius 2 is 1.84 bits per heavy atom. The molecule has 3 rings (SSSR count). The molecule has 0 saturated carbocycles. The van der Waals surface area contributed by atoms with E-state index in [-0.39, 0.29) is 21.8 Å². The van der Waals surface area contributed by atoms with Gasteiger partial charge in [0.1, 0.15) is 10.8 Å². The molecule has 1 fully saturated rings. The largest absolute Gasteiger partial charge is 0.379 e. The molecule has 1 amide bonds. The summed E-state index contributed by atoms with van der Waals surface area (Å²) in [7, 11) is 0. The maximum atomic E-state index is 12.3. The second kappa shape index (κ2) is 8.63. The first-order valence-electron chi connectivity index (χ1n) is 8.10. The summed E-state index contributed by atoms with van der Waals surface area (Å²) in [6.07, 6.45) is 0. The summed E-state index contributed by atoms with van der Waals surface area (Å²) < 4.78 is 5.39. The zero-order valence-corrected chi connectivity index (χ0v) is 15.2. The van der Waals surface area contributed by atoms with Gasteiger partial charge in [-0.15, -0.1) is 0 Å². The van der Waals surface area contributed by atoms with Crippen molar-refractivity contribution in [3.05, 3.63) is 63.4 Å². The Morgan fingerprint density at radius 3 is 2.60 bits per heavy atom. The van der Waals surface area contributed by atoms with Gasteiger partial charge < -0.3 is 10.1 Å². The number of benzene rings is 1. The molecule has 1 aliphatic rings. The van der Waals surface area contributed by atoms with E-state index in [0.29, 0.717) is 6.54 Å². The molecule has 0 unspecified atom stereocenters. The topological polar surface area (TPSA) is 54.5 Å². The minimum Gasteiger partial charge on any atom is -0.379 e. The van der Waals surface area contributed by atoms with Crippen LogP contribution in [0.15, 0.2) is 36.4 Å². The third kappa shape index (κ3) is 4.92. The summed E-state index contributed by atoms with van der Waals surface area (Å²) >= 11 is 11.9. The van der Waals surface area contributed by atoms with Crippen molar-refractivity contribution < 1.29 is 9.53 Å². The van der Waals surface area contributed by atoms with Gasteiger partial charge in [-0.25, -0.2) is 4.98 Å². The summed E-state index contributed by atoms with van der Waals surface area (Å²) in [5.41, 5.74) is 2.40. The number of rotatable bonds is 5. The molecule has 0 aliphatic carbocycles. The number of amides is 1. The molecule has 0 atom stereocenters. The third-order valence-corrected chi connectivity index (χ3v) is 4.60. The van der Waals surface area contributed by atoms with Crippen LogP contribution in [0.4, 0.5) is 0 Å². The Bertz CT molecular complexity index is 749. The van der Waals surface area contributed by atoms with Crippen LogP contribution in [0.25, 0.3) is 0 Å². The van der Waals surface area contributed by atoms with Gasteiger partial charge in [-0.05, 0) is 23.3 Å². The zero-order valence-electron chi connectivity index (χ0n) is 13.7. The molecule has 1 aliphatic heterocycles. The van der Waals surface area contributed by atoms with Gasteiger partial charge in [-0.2, -0.15) is 0 Å². The quantitative estimate of drug-likeness (QED) is 0.810. The van der Waals surface area contributed by atoms with Crippen LogP contribution in [0.1, 0.15) is 21.6 Å². The average molecular weight is 380 g/mol. The fourth-order valence-electron chi connectivity index (χ4n) is 2.72. The molecular weight excluding hydrogens is 361 g/mol. The molecule has 2 heterocycles. The molecule has 5 nitrogen and oxygen atoms in total. The lowest BCUT2D eigenvalue weighted by molar-refractivity contribution is 0.0340. The van der Waals surface area contributed by atoms with Gasteiger partial charge in [-0.1, -0.05) is 47.5 Å². The second-order valence-electron chi connectivity index (χ2n) is 5.80. The highest BCUT2D eigenvalue weighted by atomic mass is 35.5. The van der Waals surface area contributed by atoms with Crippen molar-refractivity contribution in [1.82, 2.24) is 15.2 Å². The summed E-state index contributed by atoms with van der Waals surface area (Å²) in [4.78, 5) is 18.7. The summed E-state index contributed by atoms with van der Waals surface area (Å²) in [6.45, 7) is 4.61. The van der Waals surface area contributed by atoms with Crippen LogP contribution in [-0.4, -0.2) is 42.1 Å². The molecule has 0 radical (unpaired) electrons. The van der Waals surface area contributed by atoms with Crippen LogP contribution in [0.5, 0.6) is 0 Å². The van der Waals surface area contributed by atoms with Gasteiger partial charge in [0.15, 0.2) is 0 Å². The molecule has 1 N–H and O–H groups in total. The third-order valence-electron chi connectivity index (χ3n) is 4.08. The van der Waals surface area contributed by atoms with E-state index in [4.69, 9.17) is 27.9 Å². The normalized spacial score (nSPS) is 15.1. The van der Waals surface area contributed by atoms with E-state index in [1.807, 2.05) is 18.2 Å². The van der Waals surface area contributed by atoms with E-state index in [1.165, 1.54) is 5.56 Å². The smallest absolute Gasteiger partial charge is 0.271 e. The Hall–Kier alpha value is -1.66. The number of carbonyl (C=O) groups excluding carboxylic acids is 1. The van der Waals surface area contributed by atoms with Crippen LogP contribution in [0, 0.1) is 0 Å². The van der Waals surface area contributed by atoms with Gasteiger partial charge >= 0.3 is 0 Å². The van der Waals surface area contributed by atoms with Crippen molar-refractivity contribution in [3.63, 3.8) is 0 Å². The Labute approximate surface area is 156 Å². The highest BCUT2D eigenvalue weighted by Crippen LogP contribution is 2.17. The highest BCUT2D eigenvalue weighted by Gasteiger charge is 2.15. The van der Waals surface area contributed by atoms with Crippen LogP contribution in [0.3, 0.4) is 0 Å². The van der Waals surface area contributed by atoms with Crippen molar-refractivity contribution >= 4 is 29.1 Å². The molecule has 25 heavy (non-hydrogen) atoms. The van der Waals surface area contributed by atoms with Gasteiger partial charge in [0.25, 0.3) is 5.91 Å². The fourth-order valence-corrected chi connectivity index (χ4v) is 3.06. The van der Waals surface area contributed by atoms with Crippen LogP contribution in [-0.2, 0) is 17.8 Å². The Morgan fingerprint density at radius 1 is 1.12 bits per heavy atom. The second-order valence-corrected chi connectivity index (χ2v) is 6.60. The van der Waals surface area contributed by atoms with Crippen LogP contribution in [0.2, 0.25) is 10.2 Å². The molecule has 0 spiro atoms. The van der Waals surface area contributed by atoms with Crippen molar-refractivity contribution in [2.24, 2.45) is 0 Å². The number of nitrogens with zero attached hydrogens (tertiary/aromatic N) is 2. The standard InChI is InChI=1S/C18H19Cl2N3O2/c19-15-5-6-16(20)22-17(15)18(24)21-11-13-3-1-2-4-14(13)12-23-7-9-25-10-8-23/h1-6H,7-12H2,(H,21,24). The van der Waals surface area contributed by atoms with E-state index in [9.17, 15) is 4.79 Å². The zero-order chi connectivity index (χ0) is 17.6. The minimum atomic E-state index is -0.339. The maximum Gasteiger partial charge on any atom is 0.271 e. The van der Waals surface area contributed by atoms with Crippen molar-refractivity contribution in [1.29, 1.82) is 0 Å². The van der Waals surface area contributed by atoms with E-state index in [1.54, 1.807) is 12.1 Å². The van der Waals surface area contributed by atoms with E-state index < -0.39 is 0 Å². The highest BCUT2D eigenvalue weighted by molar-refractivity contribution is 6.34. The molecule has 1 aromatic carbocycles. The first-order valence-corrected chi connectivity index (χ1v) is 8.86. The lowest BCUT2D eigenvalue weighted by atomic mass is 10.1. The molecule has 1 aromatic heterocycles. The number of nitrogens with one attached hydrogen (secondary N) is 1. The number of aromatic nitrogens is 1. The SMILES string of the molecule is O=C(NCc1ccccc1CN1CCOCC1)c1nc(Cl)ccc1Cl. The molecule has 0 bridgehead atoms. The van der Waals surface area contributed by atoms with Gasteiger partial charge in [-0.3, -0.25) is 9.69 Å². The van der Waals surface area contributed by atoms with Crippen LogP contribution < -0.4 is 5.32 Å². The van der Waals surface area contributed by atoms with Crippen molar-refractivity contribution in [2.45, 2.75) is 13.1 Å². The van der Waals surface area contributed by atoms with Gasteiger partial charge in [0.05, 0.1) is 18.2 Å². The number of hydrogen-bond acceptors (Lipinski definition) is 4. The Balaban J connectivity index is 1.66. The summed E-state index contributed by atoms with van der Waals surface area (Å²) in [6, 6.07) is 11.2. The van der Waals surface area contributed by atoms with Crippen molar-refractivity contribution in [2.75, 3.05) is 26.3 Å². The van der Waals surface area contributed by atoms with E-state index in [2.05, 4.69) is 21.3 Å². The predicted octanol–water partition coefficient (Wildman–Crippen LogP) is 3.15. The monoisotopic (exact) mass is 379 g/mol.